The standard InChI is InChI=1S/C86H139N7O11/c1-6-8-10-12-14-16-18-20-22-24-26-28-30-32-34-36-38-40-42-52-66-100-75-60-59-74(77(68-75)101-67-53-43-41-39-37-35-33-31-29-27-25-23-21-19-17-15-13-11-9-7-2)71-102-82(96)76(58-50-51-63-88-84(98)104-86(3,4)5)89-79(94)69-92(65-62-87)80(95)70-93-64-61-78(90-83(93)97)91-85(99)103-81(72-54-46-44-47-55-72)73-56-48-45-49-57-73/h44-49,54-57,59-61,64,68,76,81H,6-43,50-53,58,62-63,65-67,69-71,87H2,1-5H3,(H,88,98)(H,89,94)(H,90,91,97,99)/t76-/m0/s1. The summed E-state index contributed by atoms with van der Waals surface area (Å²) >= 11 is 0. The van der Waals surface area contributed by atoms with Crippen LogP contribution in [0.3, 0.4) is 0 Å². The van der Waals surface area contributed by atoms with Gasteiger partial charge >= 0.3 is 23.8 Å². The quantitative estimate of drug-likeness (QED) is 0.0183. The van der Waals surface area contributed by atoms with Crippen LogP contribution in [0.4, 0.5) is 15.4 Å². The van der Waals surface area contributed by atoms with E-state index in [-0.39, 0.29) is 38.5 Å². The van der Waals surface area contributed by atoms with Crippen LogP contribution in [-0.4, -0.2) is 95.5 Å². The van der Waals surface area contributed by atoms with Crippen molar-refractivity contribution in [3.63, 3.8) is 0 Å². The average molecular weight is 1450 g/mol. The predicted octanol–water partition coefficient (Wildman–Crippen LogP) is 20.7. The summed E-state index contributed by atoms with van der Waals surface area (Å²) in [6, 6.07) is 24.3. The van der Waals surface area contributed by atoms with Crippen molar-refractivity contribution < 1.29 is 47.7 Å². The number of rotatable bonds is 63. The number of nitrogens with one attached hydrogen (secondary N) is 3. The Labute approximate surface area is 627 Å². The van der Waals surface area contributed by atoms with Crippen LogP contribution in [0.25, 0.3) is 0 Å². The van der Waals surface area contributed by atoms with Crippen molar-refractivity contribution in [3.8, 4) is 11.5 Å². The number of benzene rings is 3. The molecule has 1 aromatic heterocycles. The van der Waals surface area contributed by atoms with Gasteiger partial charge in [0.1, 0.15) is 42.1 Å². The molecule has 1 atom stereocenters. The van der Waals surface area contributed by atoms with Gasteiger partial charge in [-0.05, 0) is 82.2 Å². The number of aromatic nitrogens is 2. The first-order valence-electron chi connectivity index (χ1n) is 41.1. The molecule has 0 aliphatic heterocycles. The number of nitrogens with zero attached hydrogens (tertiary/aromatic N) is 3. The van der Waals surface area contributed by atoms with Crippen molar-refractivity contribution in [1.82, 2.24) is 25.1 Å². The SMILES string of the molecule is CCCCCCCCCCCCCCCCCCCCCCOc1ccc(COC(=O)[C@H](CCCCNC(=O)OC(C)(C)C)NC(=O)CN(CCN)C(=O)Cn2ccc(NC(=O)OC(c3ccccc3)c3ccccc3)nc2=O)c(OCCCCCCCCCCCCCCCCCCCCCC)c1. The molecule has 0 spiro atoms. The van der Waals surface area contributed by atoms with Crippen LogP contribution >= 0.6 is 0 Å². The Morgan fingerprint density at radius 1 is 0.538 bits per heavy atom. The van der Waals surface area contributed by atoms with Gasteiger partial charge in [0.25, 0.3) is 0 Å². The molecule has 1 heterocycles. The van der Waals surface area contributed by atoms with Gasteiger partial charge in [-0.15, -0.1) is 0 Å². The molecule has 0 unspecified atom stereocenters. The van der Waals surface area contributed by atoms with Crippen molar-refractivity contribution in [2.24, 2.45) is 5.73 Å². The van der Waals surface area contributed by atoms with Gasteiger partial charge in [0.05, 0.1) is 19.8 Å². The molecule has 0 bridgehead atoms. The van der Waals surface area contributed by atoms with Crippen molar-refractivity contribution in [1.29, 1.82) is 0 Å². The second kappa shape index (κ2) is 58.3. The van der Waals surface area contributed by atoms with E-state index in [1.165, 1.54) is 242 Å². The van der Waals surface area contributed by atoms with Gasteiger partial charge in [-0.1, -0.05) is 319 Å². The smallest absolute Gasteiger partial charge is 0.413 e. The fraction of sp³-hybridized carbons (Fsp3) is 0.686. The lowest BCUT2D eigenvalue weighted by Gasteiger charge is -2.24. The number of ether oxygens (including phenoxy) is 5. The van der Waals surface area contributed by atoms with E-state index in [4.69, 9.17) is 29.4 Å². The minimum Gasteiger partial charge on any atom is -0.493 e. The lowest BCUT2D eigenvalue weighted by Crippen LogP contribution is -2.49. The van der Waals surface area contributed by atoms with E-state index in [0.29, 0.717) is 43.1 Å². The number of hydrogen-bond donors (Lipinski definition) is 4. The highest BCUT2D eigenvalue weighted by molar-refractivity contribution is 5.88. The van der Waals surface area contributed by atoms with Gasteiger partial charge in [0.2, 0.25) is 11.8 Å². The van der Waals surface area contributed by atoms with Crippen LogP contribution in [0.5, 0.6) is 11.5 Å². The maximum Gasteiger partial charge on any atom is 0.413 e. The third-order valence-corrected chi connectivity index (χ3v) is 19.1. The molecule has 18 nitrogen and oxygen atoms in total. The molecule has 104 heavy (non-hydrogen) atoms. The van der Waals surface area contributed by atoms with Gasteiger partial charge in [-0.2, -0.15) is 4.98 Å². The summed E-state index contributed by atoms with van der Waals surface area (Å²) in [6.45, 7) is 10.1. The fourth-order valence-corrected chi connectivity index (χ4v) is 13.0. The number of alkyl carbamates (subject to hydrolysis) is 1. The number of anilines is 1. The monoisotopic (exact) mass is 1450 g/mol. The zero-order valence-corrected chi connectivity index (χ0v) is 65.3. The van der Waals surface area contributed by atoms with E-state index in [2.05, 4.69) is 34.8 Å². The zero-order valence-electron chi connectivity index (χ0n) is 65.3. The number of unbranched alkanes of at least 4 members (excludes halogenated alkanes) is 39. The van der Waals surface area contributed by atoms with Gasteiger partial charge in [0, 0.05) is 37.5 Å². The number of carbonyl (C=O) groups excluding carboxylic acids is 5. The Balaban J connectivity index is 1.31. The largest absolute Gasteiger partial charge is 0.493 e. The lowest BCUT2D eigenvalue weighted by molar-refractivity contribution is -0.149. The second-order valence-electron chi connectivity index (χ2n) is 29.6. The van der Waals surface area contributed by atoms with Crippen molar-refractivity contribution in [3.05, 3.63) is 118 Å². The zero-order chi connectivity index (χ0) is 74.8. The number of amides is 4. The topological polar surface area (TPSA) is 232 Å². The van der Waals surface area contributed by atoms with Crippen molar-refractivity contribution in [2.45, 2.75) is 342 Å². The van der Waals surface area contributed by atoms with Crippen LogP contribution < -0.4 is 36.8 Å². The summed E-state index contributed by atoms with van der Waals surface area (Å²) in [4.78, 5) is 86.3. The number of nitrogens with two attached hydrogens (primary N) is 1. The Hall–Kier alpha value is -6.95. The molecule has 18 heteroatoms. The summed E-state index contributed by atoms with van der Waals surface area (Å²) in [5.74, 6) is -0.813. The highest BCUT2D eigenvalue weighted by Crippen LogP contribution is 2.29. The van der Waals surface area contributed by atoms with Crippen molar-refractivity contribution in [2.75, 3.05) is 44.7 Å². The van der Waals surface area contributed by atoms with Crippen LogP contribution in [0.15, 0.2) is 95.9 Å². The van der Waals surface area contributed by atoms with Gasteiger partial charge in [0.15, 0.2) is 6.10 Å². The third kappa shape index (κ3) is 44.1. The highest BCUT2D eigenvalue weighted by Gasteiger charge is 2.27. The molecule has 0 radical (unpaired) electrons. The van der Waals surface area contributed by atoms with Crippen molar-refractivity contribution >= 4 is 35.8 Å². The van der Waals surface area contributed by atoms with E-state index in [1.54, 1.807) is 20.8 Å². The van der Waals surface area contributed by atoms with Crippen LogP contribution in [0.1, 0.15) is 334 Å². The number of carbonyl (C=O) groups is 5. The second-order valence-corrected chi connectivity index (χ2v) is 29.6. The Morgan fingerprint density at radius 2 is 0.990 bits per heavy atom. The van der Waals surface area contributed by atoms with E-state index < -0.39 is 66.5 Å². The van der Waals surface area contributed by atoms with E-state index in [9.17, 15) is 28.8 Å². The minimum absolute atomic E-state index is 0.00628. The molecule has 584 valence electrons. The molecular weight excluding hydrogens is 1310 g/mol. The fourth-order valence-electron chi connectivity index (χ4n) is 13.0. The van der Waals surface area contributed by atoms with Crippen LogP contribution in [0, 0.1) is 0 Å². The maximum absolute atomic E-state index is 14.3. The van der Waals surface area contributed by atoms with Gasteiger partial charge in [-0.25, -0.2) is 19.2 Å². The van der Waals surface area contributed by atoms with Crippen LogP contribution in [0.2, 0.25) is 0 Å². The normalized spacial score (nSPS) is 11.7. The molecule has 0 saturated heterocycles. The number of esters is 1. The first kappa shape index (κ1) is 89.4. The minimum atomic E-state index is -1.14. The molecule has 0 aliphatic rings. The summed E-state index contributed by atoms with van der Waals surface area (Å²) in [6.07, 6.45) is 52.8. The highest BCUT2D eigenvalue weighted by atomic mass is 16.6. The molecule has 4 rings (SSSR count). The van der Waals surface area contributed by atoms with Gasteiger partial charge in [-0.3, -0.25) is 19.5 Å². The molecule has 4 amide bonds. The first-order valence-corrected chi connectivity index (χ1v) is 41.1. The predicted molar refractivity (Wildman–Crippen MR) is 422 cm³/mol. The molecule has 0 aliphatic carbocycles. The molecule has 3 aromatic carbocycles. The lowest BCUT2D eigenvalue weighted by atomic mass is 10.0. The summed E-state index contributed by atoms with van der Waals surface area (Å²) < 4.78 is 31.1. The maximum atomic E-state index is 14.3. The third-order valence-electron chi connectivity index (χ3n) is 19.1. The van der Waals surface area contributed by atoms with E-state index >= 15 is 0 Å². The molecule has 0 saturated carbocycles. The van der Waals surface area contributed by atoms with E-state index in [0.717, 1.165) is 47.8 Å². The Morgan fingerprint density at radius 3 is 1.43 bits per heavy atom. The van der Waals surface area contributed by atoms with Gasteiger partial charge < -0.3 is 45.0 Å². The Kier molecular flexibility index (Phi) is 50.1. The molecule has 5 N–H and O–H groups in total. The van der Waals surface area contributed by atoms with Crippen LogP contribution in [-0.2, 0) is 41.7 Å². The summed E-state index contributed by atoms with van der Waals surface area (Å²) in [7, 11) is 0. The first-order chi connectivity index (χ1) is 50.7. The Bertz CT molecular complexity index is 2880. The number of hydrogen-bond acceptors (Lipinski definition) is 13. The molecule has 4 aromatic rings. The molecular formula is C86H139N7O11. The summed E-state index contributed by atoms with van der Waals surface area (Å²) in [5, 5.41) is 8.07. The average Bonchev–Trinajstić information content (AvgIpc) is 0.851. The summed E-state index contributed by atoms with van der Waals surface area (Å²) in [5.41, 5.74) is 6.57. The van der Waals surface area contributed by atoms with E-state index in [1.807, 2.05) is 78.9 Å². The molecule has 0 fully saturated rings.